The fourth-order valence-electron chi connectivity index (χ4n) is 2.45. The minimum Gasteiger partial charge on any atom is -0.454 e. The summed E-state index contributed by atoms with van der Waals surface area (Å²) in [5.41, 5.74) is 2.23. The van der Waals surface area contributed by atoms with Crippen LogP contribution in [0.25, 0.3) is 0 Å². The number of halogens is 1. The Hall–Kier alpha value is -1.11. The van der Waals surface area contributed by atoms with Gasteiger partial charge in [-0.15, -0.1) is 11.3 Å². The summed E-state index contributed by atoms with van der Waals surface area (Å²) < 4.78 is 11.9. The summed E-state index contributed by atoms with van der Waals surface area (Å²) in [5, 5.41) is 6.88. The van der Waals surface area contributed by atoms with Crippen LogP contribution in [0.4, 0.5) is 0 Å². The molecule has 2 aromatic rings. The lowest BCUT2D eigenvalue weighted by Crippen LogP contribution is -2.24. The molecule has 0 spiro atoms. The molecule has 0 amide bonds. The zero-order valence-corrected chi connectivity index (χ0v) is 14.0. The number of hydrogen-bond donors (Lipinski definition) is 1. The Labute approximate surface area is 135 Å². The number of thiazole rings is 1. The number of hydrogen-bond acceptors (Lipinski definition) is 5. The van der Waals surface area contributed by atoms with Crippen LogP contribution in [0, 0.1) is 6.92 Å². The molecule has 4 rings (SSSR count). The molecule has 4 nitrogen and oxygen atoms in total. The summed E-state index contributed by atoms with van der Waals surface area (Å²) in [5.74, 6) is 1.59. The molecule has 1 unspecified atom stereocenters. The van der Waals surface area contributed by atoms with Crippen molar-refractivity contribution in [1.82, 2.24) is 10.3 Å². The maximum Gasteiger partial charge on any atom is 0.231 e. The van der Waals surface area contributed by atoms with Gasteiger partial charge in [-0.05, 0) is 53.4 Å². The molecule has 1 atom stereocenters. The van der Waals surface area contributed by atoms with Gasteiger partial charge in [0.2, 0.25) is 6.79 Å². The van der Waals surface area contributed by atoms with Crippen molar-refractivity contribution >= 4 is 27.3 Å². The van der Waals surface area contributed by atoms with E-state index in [-0.39, 0.29) is 12.8 Å². The highest BCUT2D eigenvalue weighted by molar-refractivity contribution is 9.10. The van der Waals surface area contributed by atoms with Crippen molar-refractivity contribution in [3.8, 4) is 11.5 Å². The first-order chi connectivity index (χ1) is 10.2. The van der Waals surface area contributed by atoms with Crippen LogP contribution in [0.15, 0.2) is 22.0 Å². The second-order valence-corrected chi connectivity index (χ2v) is 7.18. The van der Waals surface area contributed by atoms with Crippen LogP contribution >= 0.6 is 27.3 Å². The molecule has 6 heteroatoms. The van der Waals surface area contributed by atoms with Crippen molar-refractivity contribution in [2.45, 2.75) is 31.8 Å². The first kappa shape index (κ1) is 13.5. The SMILES string of the molecule is Cc1csc(C(NC2CC2)c2cc(Br)c3c(c2)OCO3)n1. The van der Waals surface area contributed by atoms with Crippen LogP contribution in [-0.2, 0) is 0 Å². The van der Waals surface area contributed by atoms with Crippen molar-refractivity contribution < 1.29 is 9.47 Å². The van der Waals surface area contributed by atoms with E-state index >= 15 is 0 Å². The number of aromatic nitrogens is 1. The van der Waals surface area contributed by atoms with Crippen molar-refractivity contribution in [1.29, 1.82) is 0 Å². The highest BCUT2D eigenvalue weighted by atomic mass is 79.9. The van der Waals surface area contributed by atoms with Gasteiger partial charge in [0.1, 0.15) is 5.01 Å². The van der Waals surface area contributed by atoms with E-state index < -0.39 is 0 Å². The Morgan fingerprint density at radius 3 is 2.95 bits per heavy atom. The average Bonchev–Trinajstić information content (AvgIpc) is 2.96. The minimum absolute atomic E-state index is 0.113. The minimum atomic E-state index is 0.113. The molecule has 1 aliphatic heterocycles. The van der Waals surface area contributed by atoms with Gasteiger partial charge in [0.05, 0.1) is 10.5 Å². The lowest BCUT2D eigenvalue weighted by molar-refractivity contribution is 0.173. The molecule has 1 aromatic carbocycles. The molecule has 1 N–H and O–H groups in total. The average molecular weight is 367 g/mol. The smallest absolute Gasteiger partial charge is 0.231 e. The summed E-state index contributed by atoms with van der Waals surface area (Å²) in [6.45, 7) is 2.32. The quantitative estimate of drug-likeness (QED) is 0.893. The van der Waals surface area contributed by atoms with E-state index in [1.807, 2.05) is 6.92 Å². The standard InChI is InChI=1S/C15H15BrN2O2S/c1-8-6-21-15(17-8)13(18-10-2-3-10)9-4-11(16)14-12(5-9)19-7-20-14/h4-6,10,13,18H,2-3,7H2,1H3. The molecule has 2 aliphatic rings. The largest absolute Gasteiger partial charge is 0.454 e. The maximum absolute atomic E-state index is 5.53. The molecule has 1 aliphatic carbocycles. The number of fused-ring (bicyclic) bond motifs is 1. The van der Waals surface area contributed by atoms with Gasteiger partial charge in [-0.2, -0.15) is 0 Å². The number of ether oxygens (including phenoxy) is 2. The predicted molar refractivity (Wildman–Crippen MR) is 85.1 cm³/mol. The Morgan fingerprint density at radius 1 is 1.38 bits per heavy atom. The Morgan fingerprint density at radius 2 is 2.24 bits per heavy atom. The van der Waals surface area contributed by atoms with Gasteiger partial charge >= 0.3 is 0 Å². The van der Waals surface area contributed by atoms with Gasteiger partial charge in [0.25, 0.3) is 0 Å². The molecule has 1 fully saturated rings. The summed E-state index contributed by atoms with van der Waals surface area (Å²) in [6.07, 6.45) is 2.49. The van der Waals surface area contributed by atoms with Crippen molar-refractivity contribution in [3.05, 3.63) is 38.3 Å². The normalized spacial score (nSPS) is 18.0. The molecule has 110 valence electrons. The van der Waals surface area contributed by atoms with E-state index in [2.05, 4.69) is 43.7 Å². The van der Waals surface area contributed by atoms with Crippen LogP contribution < -0.4 is 14.8 Å². The highest BCUT2D eigenvalue weighted by Crippen LogP contribution is 2.42. The van der Waals surface area contributed by atoms with Crippen molar-refractivity contribution in [2.24, 2.45) is 0 Å². The van der Waals surface area contributed by atoms with Gasteiger partial charge < -0.3 is 14.8 Å². The number of benzene rings is 1. The van der Waals surface area contributed by atoms with Crippen LogP contribution in [0.3, 0.4) is 0 Å². The number of nitrogens with zero attached hydrogens (tertiary/aromatic N) is 1. The molecule has 1 saturated carbocycles. The van der Waals surface area contributed by atoms with E-state index in [1.54, 1.807) is 11.3 Å². The maximum atomic E-state index is 5.53. The molecule has 0 saturated heterocycles. The van der Waals surface area contributed by atoms with Gasteiger partial charge in [0.15, 0.2) is 11.5 Å². The van der Waals surface area contributed by atoms with Crippen LogP contribution in [0.2, 0.25) is 0 Å². The summed E-state index contributed by atoms with van der Waals surface area (Å²) in [6, 6.07) is 4.87. The second kappa shape index (κ2) is 5.26. The fraction of sp³-hybridized carbons (Fsp3) is 0.400. The predicted octanol–water partition coefficient (Wildman–Crippen LogP) is 3.78. The van der Waals surface area contributed by atoms with Crippen molar-refractivity contribution in [2.75, 3.05) is 6.79 Å². The lowest BCUT2D eigenvalue weighted by Gasteiger charge is -2.17. The zero-order chi connectivity index (χ0) is 14.4. The third kappa shape index (κ3) is 2.67. The third-order valence-electron chi connectivity index (χ3n) is 3.65. The molecular formula is C15H15BrN2O2S. The number of aryl methyl sites for hydroxylation is 1. The topological polar surface area (TPSA) is 43.4 Å². The van der Waals surface area contributed by atoms with Gasteiger partial charge in [-0.1, -0.05) is 0 Å². The monoisotopic (exact) mass is 366 g/mol. The Balaban J connectivity index is 1.74. The molecule has 21 heavy (non-hydrogen) atoms. The molecule has 1 aromatic heterocycles. The fourth-order valence-corrected chi connectivity index (χ4v) is 3.91. The van der Waals surface area contributed by atoms with E-state index in [1.165, 1.54) is 12.8 Å². The molecule has 0 radical (unpaired) electrons. The second-order valence-electron chi connectivity index (χ2n) is 5.44. The van der Waals surface area contributed by atoms with E-state index in [0.717, 1.165) is 32.2 Å². The molecule has 2 heterocycles. The van der Waals surface area contributed by atoms with E-state index in [0.29, 0.717) is 6.04 Å². The van der Waals surface area contributed by atoms with Crippen LogP contribution in [0.1, 0.15) is 35.1 Å². The van der Waals surface area contributed by atoms with Crippen LogP contribution in [0.5, 0.6) is 11.5 Å². The van der Waals surface area contributed by atoms with E-state index in [9.17, 15) is 0 Å². The first-order valence-corrected chi connectivity index (χ1v) is 8.65. The van der Waals surface area contributed by atoms with Gasteiger partial charge in [-0.25, -0.2) is 4.98 Å². The zero-order valence-electron chi connectivity index (χ0n) is 11.6. The van der Waals surface area contributed by atoms with E-state index in [4.69, 9.17) is 9.47 Å². The van der Waals surface area contributed by atoms with Gasteiger partial charge in [0, 0.05) is 17.1 Å². The third-order valence-corrected chi connectivity index (χ3v) is 5.26. The Bertz CT molecular complexity index is 684. The van der Waals surface area contributed by atoms with Crippen molar-refractivity contribution in [3.63, 3.8) is 0 Å². The Kier molecular flexibility index (Phi) is 3.40. The van der Waals surface area contributed by atoms with Gasteiger partial charge in [-0.3, -0.25) is 0 Å². The first-order valence-electron chi connectivity index (χ1n) is 6.98. The van der Waals surface area contributed by atoms with Crippen LogP contribution in [-0.4, -0.2) is 17.8 Å². The molecule has 0 bridgehead atoms. The summed E-state index contributed by atoms with van der Waals surface area (Å²) in [7, 11) is 0. The number of nitrogens with one attached hydrogen (secondary N) is 1. The lowest BCUT2D eigenvalue weighted by atomic mass is 10.1. The summed E-state index contributed by atoms with van der Waals surface area (Å²) >= 11 is 5.28. The number of rotatable bonds is 4. The summed E-state index contributed by atoms with van der Waals surface area (Å²) in [4.78, 5) is 4.66. The molecular weight excluding hydrogens is 352 g/mol. The highest BCUT2D eigenvalue weighted by Gasteiger charge is 2.29.